The van der Waals surface area contributed by atoms with E-state index < -0.39 is 0 Å². The first-order chi connectivity index (χ1) is 9.19. The molecule has 0 saturated carbocycles. The summed E-state index contributed by atoms with van der Waals surface area (Å²) < 4.78 is 0.0434. The fourth-order valence-electron chi connectivity index (χ4n) is 5.17. The number of fused-ring (bicyclic) bond motifs is 2. The molecule has 3 saturated heterocycles. The second-order valence-electron chi connectivity index (χ2n) is 6.77. The van der Waals surface area contributed by atoms with Crippen LogP contribution in [0.15, 0.2) is 12.2 Å². The molecule has 3 fully saturated rings. The van der Waals surface area contributed by atoms with Crippen LogP contribution in [-0.4, -0.2) is 47.2 Å². The molecule has 4 heterocycles. The van der Waals surface area contributed by atoms with Crippen molar-refractivity contribution >= 4 is 5.91 Å². The molecule has 4 aliphatic rings. The van der Waals surface area contributed by atoms with Crippen molar-refractivity contribution < 1.29 is 9.44 Å². The molecule has 0 N–H and O–H groups in total. The van der Waals surface area contributed by atoms with Crippen LogP contribution in [-0.2, 0) is 4.79 Å². The Morgan fingerprint density at radius 2 is 2.05 bits per heavy atom. The molecule has 0 spiro atoms. The molecule has 4 nitrogen and oxygen atoms in total. The van der Waals surface area contributed by atoms with Crippen molar-refractivity contribution in [1.29, 1.82) is 0 Å². The third kappa shape index (κ3) is 1.62. The maximum absolute atomic E-state index is 13.1. The highest BCUT2D eigenvalue weighted by molar-refractivity contribution is 5.79. The Kier molecular flexibility index (Phi) is 2.55. The van der Waals surface area contributed by atoms with E-state index in [-0.39, 0.29) is 22.6 Å². The van der Waals surface area contributed by atoms with Gasteiger partial charge >= 0.3 is 0 Å². The molecule has 5 unspecified atom stereocenters. The molecule has 4 heteroatoms. The molecule has 0 aromatic carbocycles. The third-order valence-electron chi connectivity index (χ3n) is 5.83. The average molecular weight is 262 g/mol. The van der Waals surface area contributed by atoms with E-state index in [0.717, 1.165) is 45.3 Å². The number of piperidine rings is 3. The molecule has 0 aromatic heterocycles. The van der Waals surface area contributed by atoms with Crippen LogP contribution in [0.3, 0.4) is 0 Å². The first-order valence-electron chi connectivity index (χ1n) is 7.73. The van der Waals surface area contributed by atoms with Crippen LogP contribution in [0.4, 0.5) is 0 Å². The normalized spacial score (nSPS) is 48.7. The highest BCUT2D eigenvalue weighted by Crippen LogP contribution is 2.46. The van der Waals surface area contributed by atoms with Gasteiger partial charge in [-0.15, -0.1) is 0 Å². The number of carbonyl (C=O) groups is 1. The number of rotatable bonds is 0. The SMILES string of the molecule is O=C1CC=CC2C3CCC[N+]4([O-])CCCC(CN12)C34. The van der Waals surface area contributed by atoms with Crippen LogP contribution >= 0.6 is 0 Å². The molecule has 5 atom stereocenters. The second-order valence-corrected chi connectivity index (χ2v) is 6.77. The number of quaternary nitrogens is 1. The van der Waals surface area contributed by atoms with Crippen LogP contribution in [0.5, 0.6) is 0 Å². The lowest BCUT2D eigenvalue weighted by atomic mass is 9.69. The van der Waals surface area contributed by atoms with Gasteiger partial charge in [-0.2, -0.15) is 0 Å². The highest BCUT2D eigenvalue weighted by atomic mass is 16.5. The zero-order chi connectivity index (χ0) is 13.0. The predicted octanol–water partition coefficient (Wildman–Crippen LogP) is 1.66. The van der Waals surface area contributed by atoms with Crippen molar-refractivity contribution in [3.63, 3.8) is 0 Å². The molecule has 19 heavy (non-hydrogen) atoms. The highest BCUT2D eigenvalue weighted by Gasteiger charge is 2.54. The molecular weight excluding hydrogens is 240 g/mol. The van der Waals surface area contributed by atoms with Gasteiger partial charge in [-0.05, 0) is 25.7 Å². The quantitative estimate of drug-likeness (QED) is 0.378. The van der Waals surface area contributed by atoms with E-state index in [0.29, 0.717) is 18.3 Å². The Bertz CT molecular complexity index is 432. The lowest BCUT2D eigenvalue weighted by molar-refractivity contribution is -0.925. The first-order valence-corrected chi connectivity index (χ1v) is 7.73. The van der Waals surface area contributed by atoms with Gasteiger partial charge in [-0.1, -0.05) is 12.2 Å². The standard InChI is InChI=1S/C15H22N2O2/c18-14-7-1-6-13-12-5-3-9-17(19)8-2-4-11(15(12)17)10-16(13)14/h1,6,11-13,15H,2-5,7-10H2. The Morgan fingerprint density at radius 1 is 1.26 bits per heavy atom. The molecule has 104 valence electrons. The van der Waals surface area contributed by atoms with Gasteiger partial charge in [-0.3, -0.25) is 4.79 Å². The van der Waals surface area contributed by atoms with Crippen LogP contribution in [0.25, 0.3) is 0 Å². The van der Waals surface area contributed by atoms with Gasteiger partial charge in [0.1, 0.15) is 0 Å². The van der Waals surface area contributed by atoms with Gasteiger partial charge in [0.15, 0.2) is 0 Å². The summed E-state index contributed by atoms with van der Waals surface area (Å²) in [5.74, 6) is 1.13. The summed E-state index contributed by atoms with van der Waals surface area (Å²) in [5.41, 5.74) is 0. The molecule has 0 radical (unpaired) electrons. The maximum Gasteiger partial charge on any atom is 0.226 e. The van der Waals surface area contributed by atoms with Crippen molar-refractivity contribution in [3.8, 4) is 0 Å². The summed E-state index contributed by atoms with van der Waals surface area (Å²) >= 11 is 0. The van der Waals surface area contributed by atoms with Crippen molar-refractivity contribution in [2.45, 2.75) is 44.2 Å². The maximum atomic E-state index is 13.1. The topological polar surface area (TPSA) is 43.4 Å². The van der Waals surface area contributed by atoms with E-state index in [9.17, 15) is 10.0 Å². The first kappa shape index (κ1) is 11.9. The Morgan fingerprint density at radius 3 is 2.89 bits per heavy atom. The van der Waals surface area contributed by atoms with Crippen molar-refractivity contribution in [2.24, 2.45) is 11.8 Å². The minimum atomic E-state index is 0.0434. The van der Waals surface area contributed by atoms with Gasteiger partial charge in [0.2, 0.25) is 5.91 Å². The molecule has 4 rings (SSSR count). The second kappa shape index (κ2) is 4.06. The average Bonchev–Trinajstić information content (AvgIpc) is 2.40. The minimum absolute atomic E-state index is 0.0434. The van der Waals surface area contributed by atoms with Crippen molar-refractivity contribution in [2.75, 3.05) is 19.6 Å². The van der Waals surface area contributed by atoms with Crippen LogP contribution < -0.4 is 0 Å². The number of amides is 1. The Balaban J connectivity index is 1.73. The zero-order valence-corrected chi connectivity index (χ0v) is 11.3. The smallest absolute Gasteiger partial charge is 0.226 e. The van der Waals surface area contributed by atoms with Crippen molar-refractivity contribution in [3.05, 3.63) is 17.4 Å². The van der Waals surface area contributed by atoms with E-state index in [2.05, 4.69) is 11.0 Å². The number of hydroxylamine groups is 3. The monoisotopic (exact) mass is 262 g/mol. The van der Waals surface area contributed by atoms with E-state index >= 15 is 0 Å². The van der Waals surface area contributed by atoms with E-state index in [1.54, 1.807) is 0 Å². The minimum Gasteiger partial charge on any atom is -0.633 e. The van der Waals surface area contributed by atoms with Gasteiger partial charge in [0.25, 0.3) is 0 Å². The fourth-order valence-corrected chi connectivity index (χ4v) is 5.17. The fraction of sp³-hybridized carbons (Fsp3) is 0.800. The molecule has 1 amide bonds. The van der Waals surface area contributed by atoms with E-state index in [1.807, 2.05) is 6.08 Å². The lowest BCUT2D eigenvalue weighted by Gasteiger charge is -2.64. The van der Waals surface area contributed by atoms with Crippen LogP contribution in [0.1, 0.15) is 32.1 Å². The van der Waals surface area contributed by atoms with Crippen LogP contribution in [0.2, 0.25) is 0 Å². The zero-order valence-electron chi connectivity index (χ0n) is 11.3. The molecule has 0 bridgehead atoms. The lowest BCUT2D eigenvalue weighted by Crippen LogP contribution is -2.71. The number of hydrogen-bond acceptors (Lipinski definition) is 2. The van der Waals surface area contributed by atoms with Gasteiger partial charge in [0.05, 0.1) is 25.2 Å². The van der Waals surface area contributed by atoms with Gasteiger partial charge in [0, 0.05) is 24.8 Å². The largest absolute Gasteiger partial charge is 0.633 e. The summed E-state index contributed by atoms with van der Waals surface area (Å²) in [7, 11) is 0. The molecular formula is C15H22N2O2. The van der Waals surface area contributed by atoms with E-state index in [1.165, 1.54) is 0 Å². The van der Waals surface area contributed by atoms with Gasteiger partial charge in [-0.25, -0.2) is 0 Å². The Hall–Kier alpha value is -0.870. The summed E-state index contributed by atoms with van der Waals surface area (Å²) in [4.78, 5) is 14.2. The number of hydrogen-bond donors (Lipinski definition) is 0. The summed E-state index contributed by atoms with van der Waals surface area (Å²) in [6.45, 7) is 2.45. The summed E-state index contributed by atoms with van der Waals surface area (Å²) in [6, 6.07) is 0.478. The van der Waals surface area contributed by atoms with Crippen molar-refractivity contribution in [1.82, 2.24) is 4.90 Å². The number of carbonyl (C=O) groups excluding carboxylic acids is 1. The summed E-state index contributed by atoms with van der Waals surface area (Å²) in [6.07, 6.45) is 9.11. The van der Waals surface area contributed by atoms with E-state index in [4.69, 9.17) is 0 Å². The molecule has 4 aliphatic heterocycles. The Labute approximate surface area is 114 Å². The third-order valence-corrected chi connectivity index (χ3v) is 5.83. The molecule has 0 aromatic rings. The summed E-state index contributed by atoms with van der Waals surface area (Å²) in [5, 5.41) is 13.1. The van der Waals surface area contributed by atoms with Crippen LogP contribution in [0, 0.1) is 17.0 Å². The molecule has 0 aliphatic carbocycles. The van der Waals surface area contributed by atoms with Gasteiger partial charge < -0.3 is 14.8 Å². The predicted molar refractivity (Wildman–Crippen MR) is 71.9 cm³/mol. The number of nitrogens with zero attached hydrogens (tertiary/aromatic N) is 2.